The summed E-state index contributed by atoms with van der Waals surface area (Å²) in [6, 6.07) is 30.3. The maximum atomic E-state index is 9.83. The van der Waals surface area contributed by atoms with Gasteiger partial charge in [0.2, 0.25) is 0 Å². The van der Waals surface area contributed by atoms with Gasteiger partial charge in [-0.05, 0) is 24.3 Å². The number of benzene rings is 3. The smallest absolute Gasteiger partial charge is 0.350 e. The second kappa shape index (κ2) is 11.8. The van der Waals surface area contributed by atoms with E-state index in [1.54, 1.807) is 36.7 Å². The molecule has 32 heavy (non-hydrogen) atoms. The van der Waals surface area contributed by atoms with Crippen LogP contribution in [0.4, 0.5) is 0 Å². The second-order valence-corrected chi connectivity index (χ2v) is 6.86. The fourth-order valence-electron chi connectivity index (χ4n) is 3.19. The Balaban J connectivity index is 0.000000178. The quantitative estimate of drug-likeness (QED) is 0.0979. The van der Waals surface area contributed by atoms with Crippen molar-refractivity contribution in [1.29, 1.82) is 0 Å². The van der Waals surface area contributed by atoms with Crippen LogP contribution < -0.4 is 0 Å². The largest absolute Gasteiger partial charge is 0.507 e. The standard InChI is InChI=1S/C15H12O2.C12H8N2.Eu/c16-14(12-7-3-1-4-8-12)11-15(17)13-9-5-2-6-10-13;1-3-9-5-6-10-4-2-8-14-12(10)11(9)13-7-1;/h1-11,16H;1-8H;/p+1/b14-11-;;. The molecule has 0 aliphatic heterocycles. The molecule has 157 valence electrons. The maximum absolute atomic E-state index is 9.83. The van der Waals surface area contributed by atoms with E-state index in [0.717, 1.165) is 21.8 Å². The number of fused-ring (bicyclic) bond motifs is 3. The van der Waals surface area contributed by atoms with Crippen molar-refractivity contribution >= 4 is 33.3 Å². The van der Waals surface area contributed by atoms with Crippen molar-refractivity contribution in [2.45, 2.75) is 0 Å². The van der Waals surface area contributed by atoms with Gasteiger partial charge in [0, 0.05) is 78.1 Å². The van der Waals surface area contributed by atoms with E-state index in [0.29, 0.717) is 11.1 Å². The number of ketones is 1. The molecule has 0 unspecified atom stereocenters. The van der Waals surface area contributed by atoms with Crippen LogP contribution in [0.25, 0.3) is 27.6 Å². The molecule has 0 spiro atoms. The van der Waals surface area contributed by atoms with Crippen molar-refractivity contribution in [3.63, 3.8) is 0 Å². The fraction of sp³-hybridized carbons (Fsp3) is 0. The molecule has 4 nitrogen and oxygen atoms in total. The monoisotopic (exact) mass is 558 g/mol. The van der Waals surface area contributed by atoms with E-state index < -0.39 is 0 Å². The Morgan fingerprint density at radius 1 is 0.625 bits per heavy atom. The number of hydrogen-bond donors (Lipinski definition) is 1. The van der Waals surface area contributed by atoms with Crippen LogP contribution in [0, 0.1) is 49.4 Å². The van der Waals surface area contributed by atoms with E-state index in [9.17, 15) is 9.90 Å². The summed E-state index contributed by atoms with van der Waals surface area (Å²) in [5, 5.41) is 12.1. The van der Waals surface area contributed by atoms with Gasteiger partial charge in [-0.3, -0.25) is 14.8 Å². The van der Waals surface area contributed by atoms with Crippen LogP contribution in [-0.4, -0.2) is 25.7 Å². The summed E-state index contributed by atoms with van der Waals surface area (Å²) in [5.74, 6) is 0.0962. The van der Waals surface area contributed by atoms with E-state index in [2.05, 4.69) is 34.2 Å². The van der Waals surface area contributed by atoms with Gasteiger partial charge < -0.3 is 5.11 Å². The van der Waals surface area contributed by atoms with Crippen LogP contribution >= 0.6 is 0 Å². The number of pyridine rings is 2. The Hall–Kier alpha value is -2.73. The van der Waals surface area contributed by atoms with Crippen molar-refractivity contribution in [3.05, 3.63) is 127 Å². The Morgan fingerprint density at radius 2 is 1.09 bits per heavy atom. The number of aromatic nitrogens is 2. The minimum atomic E-state index is 0. The molecule has 0 aliphatic rings. The van der Waals surface area contributed by atoms with E-state index in [1.807, 2.05) is 48.5 Å². The summed E-state index contributed by atoms with van der Waals surface area (Å²) in [4.78, 5) is 18.5. The first-order chi connectivity index (χ1) is 15.2. The SMILES string of the molecule is O/C(=C\C(=[OH+])c1ccccc1)c1ccccc1.[Eu].c1cnc2c(c1)ccc1cccnc12. The molecule has 5 heteroatoms. The van der Waals surface area contributed by atoms with Gasteiger partial charge >= 0.3 is 5.78 Å². The third kappa shape index (κ3) is 5.95. The molecule has 0 bridgehead atoms. The van der Waals surface area contributed by atoms with Crippen molar-refractivity contribution in [2.75, 3.05) is 0 Å². The Kier molecular flexibility index (Phi) is 8.80. The van der Waals surface area contributed by atoms with Crippen LogP contribution in [0.1, 0.15) is 11.1 Å². The van der Waals surface area contributed by atoms with Crippen LogP contribution in [0.5, 0.6) is 0 Å². The van der Waals surface area contributed by atoms with Gasteiger partial charge in [0.25, 0.3) is 0 Å². The zero-order chi connectivity index (χ0) is 21.5. The zero-order valence-electron chi connectivity index (χ0n) is 17.1. The molecule has 0 saturated heterocycles. The molecule has 5 rings (SSSR count). The third-order valence-electron chi connectivity index (χ3n) is 4.76. The topological polar surface area (TPSA) is 67.4 Å². The molecule has 0 saturated carbocycles. The second-order valence-electron chi connectivity index (χ2n) is 6.86. The zero-order valence-corrected chi connectivity index (χ0v) is 19.6. The van der Waals surface area contributed by atoms with Gasteiger partial charge in [0.15, 0.2) is 0 Å². The summed E-state index contributed by atoms with van der Waals surface area (Å²) in [6.07, 6.45) is 4.96. The summed E-state index contributed by atoms with van der Waals surface area (Å²) in [6.45, 7) is 0. The average Bonchev–Trinajstić information content (AvgIpc) is 2.85. The van der Waals surface area contributed by atoms with Crippen LogP contribution in [-0.2, 0) is 0 Å². The number of hydrogen-bond acceptors (Lipinski definition) is 3. The molecular formula is C27H21EuN2O2+. The van der Waals surface area contributed by atoms with Crippen LogP contribution in [0.2, 0.25) is 0 Å². The molecule has 2 heterocycles. The van der Waals surface area contributed by atoms with Crippen LogP contribution in [0.3, 0.4) is 0 Å². The molecule has 0 aliphatic carbocycles. The van der Waals surface area contributed by atoms with E-state index in [4.69, 9.17) is 0 Å². The number of allylic oxidation sites excluding steroid dienone is 1. The third-order valence-corrected chi connectivity index (χ3v) is 4.76. The molecule has 0 fully saturated rings. The fourth-order valence-corrected chi connectivity index (χ4v) is 3.19. The first-order valence-corrected chi connectivity index (χ1v) is 9.88. The van der Waals surface area contributed by atoms with Gasteiger partial charge in [-0.1, -0.05) is 72.8 Å². The predicted molar refractivity (Wildman–Crippen MR) is 127 cm³/mol. The molecular weight excluding hydrogens is 536 g/mol. The minimum Gasteiger partial charge on any atom is -0.507 e. The molecule has 1 radical (unpaired) electrons. The molecule has 0 amide bonds. The Labute approximate surface area is 227 Å². The van der Waals surface area contributed by atoms with Crippen molar-refractivity contribution < 1.29 is 59.3 Å². The first-order valence-electron chi connectivity index (χ1n) is 9.88. The normalized spacial score (nSPS) is 10.7. The van der Waals surface area contributed by atoms with Gasteiger partial charge in [-0.2, -0.15) is 0 Å². The molecule has 5 aromatic rings. The van der Waals surface area contributed by atoms with Crippen molar-refractivity contribution in [3.8, 4) is 0 Å². The molecule has 0 atom stereocenters. The van der Waals surface area contributed by atoms with Crippen molar-refractivity contribution in [1.82, 2.24) is 9.97 Å². The number of nitrogens with zero attached hydrogens (tertiary/aromatic N) is 2. The average molecular weight is 557 g/mol. The predicted octanol–water partition coefficient (Wildman–Crippen LogP) is 5.96. The van der Waals surface area contributed by atoms with Gasteiger partial charge in [0.1, 0.15) is 5.76 Å². The van der Waals surface area contributed by atoms with Gasteiger partial charge in [0.05, 0.1) is 22.7 Å². The number of aliphatic hydroxyl groups excluding tert-OH is 1. The summed E-state index contributed by atoms with van der Waals surface area (Å²) in [7, 11) is 0. The summed E-state index contributed by atoms with van der Waals surface area (Å²) >= 11 is 0. The molecule has 2 N–H and O–H groups in total. The van der Waals surface area contributed by atoms with E-state index in [-0.39, 0.29) is 60.9 Å². The van der Waals surface area contributed by atoms with Gasteiger partial charge in [-0.25, -0.2) is 0 Å². The van der Waals surface area contributed by atoms with E-state index in [1.165, 1.54) is 6.08 Å². The first kappa shape index (κ1) is 23.9. The Bertz CT molecular complexity index is 1300. The number of rotatable bonds is 3. The number of carbonyl (C=O) groups excluding carboxylic acids is 1. The number of aliphatic hydroxyl groups is 1. The maximum Gasteiger partial charge on any atom is 0.350 e. The summed E-state index contributed by atoms with van der Waals surface area (Å²) < 4.78 is 0. The Morgan fingerprint density at radius 3 is 1.59 bits per heavy atom. The van der Waals surface area contributed by atoms with Crippen LogP contribution in [0.15, 0.2) is 116 Å². The molecule has 3 aromatic carbocycles. The minimum absolute atomic E-state index is 0. The molecule has 2 aromatic heterocycles. The van der Waals surface area contributed by atoms with Gasteiger partial charge in [-0.15, -0.1) is 0 Å². The van der Waals surface area contributed by atoms with E-state index >= 15 is 0 Å². The summed E-state index contributed by atoms with van der Waals surface area (Å²) in [5.41, 5.74) is 3.31. The van der Waals surface area contributed by atoms with Crippen molar-refractivity contribution in [2.24, 2.45) is 0 Å².